The lowest BCUT2D eigenvalue weighted by atomic mass is 10.4. The minimum Gasteiger partial charge on any atom is -0.352 e. The van der Waals surface area contributed by atoms with E-state index in [4.69, 9.17) is 9.59 Å². The van der Waals surface area contributed by atoms with Gasteiger partial charge in [-0.25, -0.2) is 9.59 Å². The first-order valence-corrected chi connectivity index (χ1v) is 3.41. The maximum Gasteiger partial charge on any atom is 0.309 e. The van der Waals surface area contributed by atoms with Crippen LogP contribution in [0.15, 0.2) is 0 Å². The first-order chi connectivity index (χ1) is 5.88. The van der Waals surface area contributed by atoms with E-state index >= 15 is 0 Å². The number of aldehydes is 1. The van der Waals surface area contributed by atoms with Crippen LogP contribution in [0.4, 0.5) is 9.59 Å². The van der Waals surface area contributed by atoms with Crippen LogP contribution in [0.2, 0.25) is 0 Å². The number of hydrogen-bond acceptors (Lipinski definition) is 3. The van der Waals surface area contributed by atoms with Crippen LogP contribution in [0, 0.1) is 0 Å². The second kappa shape index (κ2) is 16.7. The molecule has 0 aliphatic rings. The third-order valence-electron chi connectivity index (χ3n) is 0.407. The van der Waals surface area contributed by atoms with Crippen molar-refractivity contribution >= 4 is 18.3 Å². The van der Waals surface area contributed by atoms with Gasteiger partial charge in [0, 0.05) is 6.42 Å². The molecule has 0 radical (unpaired) electrons. The van der Waals surface area contributed by atoms with E-state index in [-0.39, 0.29) is 0 Å². The van der Waals surface area contributed by atoms with Gasteiger partial charge in [0.05, 0.1) is 0 Å². The van der Waals surface area contributed by atoms with Gasteiger partial charge in [-0.15, -0.1) is 0 Å². The average molecular weight is 192 g/mol. The van der Waals surface area contributed by atoms with Crippen molar-refractivity contribution in [2.45, 2.75) is 19.8 Å². The molecule has 78 valence electrons. The van der Waals surface area contributed by atoms with E-state index in [1.807, 2.05) is 6.92 Å². The fraction of sp³-hybridized carbons (Fsp3) is 0.500. The molecule has 0 bridgehead atoms. The number of primary amides is 4. The number of carbonyl (C=O) groups excluding carboxylic acids is 3. The summed E-state index contributed by atoms with van der Waals surface area (Å²) in [6, 6.07) is -1.67. The molecule has 0 aromatic heterocycles. The van der Waals surface area contributed by atoms with Crippen LogP contribution in [-0.4, -0.2) is 18.3 Å². The van der Waals surface area contributed by atoms with Crippen molar-refractivity contribution in [1.82, 2.24) is 0 Å². The maximum absolute atomic E-state index is 9.40. The van der Waals surface area contributed by atoms with Crippen LogP contribution in [0.3, 0.4) is 0 Å². The summed E-state index contributed by atoms with van der Waals surface area (Å²) in [6.45, 7) is 1.98. The Morgan fingerprint density at radius 2 is 1.31 bits per heavy atom. The lowest BCUT2D eigenvalue weighted by molar-refractivity contribution is -0.107. The monoisotopic (exact) mass is 192 g/mol. The van der Waals surface area contributed by atoms with Gasteiger partial charge in [-0.1, -0.05) is 6.92 Å². The molecule has 0 atom stereocenters. The highest BCUT2D eigenvalue weighted by atomic mass is 16.2. The molecule has 0 aromatic rings. The third-order valence-corrected chi connectivity index (χ3v) is 0.407. The Morgan fingerprint density at radius 3 is 1.31 bits per heavy atom. The number of hydrogen-bond donors (Lipinski definition) is 4. The fourth-order valence-corrected chi connectivity index (χ4v) is 0.118. The summed E-state index contributed by atoms with van der Waals surface area (Å²) in [5.74, 6) is 0. The van der Waals surface area contributed by atoms with Crippen LogP contribution in [0.25, 0.3) is 0 Å². The number of carbonyl (C=O) groups is 3. The van der Waals surface area contributed by atoms with E-state index in [0.29, 0.717) is 6.42 Å². The zero-order valence-corrected chi connectivity index (χ0v) is 7.53. The van der Waals surface area contributed by atoms with Crippen LogP contribution in [-0.2, 0) is 4.79 Å². The van der Waals surface area contributed by atoms with Gasteiger partial charge in [-0.2, -0.15) is 0 Å². The van der Waals surface area contributed by atoms with Crippen molar-refractivity contribution in [2.24, 2.45) is 22.9 Å². The average Bonchev–Trinajstić information content (AvgIpc) is 1.86. The number of unbranched alkanes of at least 4 members (excludes halogenated alkanes) is 1. The summed E-state index contributed by atoms with van der Waals surface area (Å²) in [7, 11) is 0. The van der Waals surface area contributed by atoms with E-state index < -0.39 is 12.1 Å². The van der Waals surface area contributed by atoms with Gasteiger partial charge in [-0.3, -0.25) is 0 Å². The highest BCUT2D eigenvalue weighted by Crippen LogP contribution is 1.74. The van der Waals surface area contributed by atoms with Crippen molar-refractivity contribution in [1.29, 1.82) is 0 Å². The van der Waals surface area contributed by atoms with Crippen molar-refractivity contribution in [2.75, 3.05) is 0 Å². The van der Waals surface area contributed by atoms with Gasteiger partial charge in [0.2, 0.25) is 0 Å². The molecule has 13 heavy (non-hydrogen) atoms. The SMILES string of the molecule is CCCC=O.NC(N)=O.NC(N)=O. The van der Waals surface area contributed by atoms with Gasteiger partial charge < -0.3 is 27.7 Å². The molecule has 0 saturated heterocycles. The lowest BCUT2D eigenvalue weighted by Crippen LogP contribution is -2.18. The van der Waals surface area contributed by atoms with Gasteiger partial charge >= 0.3 is 12.1 Å². The second-order valence-corrected chi connectivity index (χ2v) is 1.76. The standard InChI is InChI=1S/C4H8O.2CH4N2O/c1-2-3-4-5;2*2-1(3)4/h4H,2-3H2,1H3;2*(H4,2,3,4). The first kappa shape index (κ1) is 17.3. The van der Waals surface area contributed by atoms with Gasteiger partial charge in [-0.05, 0) is 6.42 Å². The van der Waals surface area contributed by atoms with Crippen LogP contribution in [0.1, 0.15) is 19.8 Å². The Kier molecular flexibility index (Phi) is 22.2. The Bertz CT molecular complexity index is 129. The molecule has 0 heterocycles. The minimum absolute atomic E-state index is 0.708. The number of urea groups is 2. The molecule has 0 unspecified atom stereocenters. The molecule has 0 aliphatic carbocycles. The van der Waals surface area contributed by atoms with E-state index in [1.54, 1.807) is 0 Å². The van der Waals surface area contributed by atoms with Crippen LogP contribution < -0.4 is 22.9 Å². The highest BCUT2D eigenvalue weighted by Gasteiger charge is 1.66. The zero-order valence-electron chi connectivity index (χ0n) is 7.53. The number of amides is 4. The van der Waals surface area contributed by atoms with Gasteiger partial charge in [0.1, 0.15) is 6.29 Å². The molecule has 4 amide bonds. The van der Waals surface area contributed by atoms with Gasteiger partial charge in [0.25, 0.3) is 0 Å². The molecule has 7 heteroatoms. The molecule has 8 N–H and O–H groups in total. The first-order valence-electron chi connectivity index (χ1n) is 3.41. The van der Waals surface area contributed by atoms with Crippen molar-refractivity contribution in [3.05, 3.63) is 0 Å². The largest absolute Gasteiger partial charge is 0.352 e. The predicted molar refractivity (Wildman–Crippen MR) is 48.5 cm³/mol. The molecule has 0 saturated carbocycles. The highest BCUT2D eigenvalue weighted by molar-refractivity contribution is 5.69. The smallest absolute Gasteiger partial charge is 0.309 e. The van der Waals surface area contributed by atoms with E-state index in [0.717, 1.165) is 12.7 Å². The van der Waals surface area contributed by atoms with Crippen molar-refractivity contribution < 1.29 is 14.4 Å². The Balaban J connectivity index is -0.000000117. The molecule has 0 aromatic carbocycles. The summed E-state index contributed by atoms with van der Waals surface area (Å²) < 4.78 is 0. The van der Waals surface area contributed by atoms with E-state index in [2.05, 4.69) is 22.9 Å². The summed E-state index contributed by atoms with van der Waals surface area (Å²) in [6.07, 6.45) is 2.61. The summed E-state index contributed by atoms with van der Waals surface area (Å²) in [4.78, 5) is 27.4. The minimum atomic E-state index is -0.833. The van der Waals surface area contributed by atoms with E-state index in [1.165, 1.54) is 0 Å². The Hall–Kier alpha value is -1.79. The quantitative estimate of drug-likeness (QED) is 0.416. The molecule has 0 aliphatic heterocycles. The molecule has 0 spiro atoms. The molecule has 7 nitrogen and oxygen atoms in total. The summed E-state index contributed by atoms with van der Waals surface area (Å²) in [5, 5.41) is 0. The topological polar surface area (TPSA) is 155 Å². The second-order valence-electron chi connectivity index (χ2n) is 1.76. The molecular weight excluding hydrogens is 176 g/mol. The third kappa shape index (κ3) is 15600. The fourth-order valence-electron chi connectivity index (χ4n) is 0.118. The van der Waals surface area contributed by atoms with Gasteiger partial charge in [0.15, 0.2) is 0 Å². The Labute approximate surface area is 76.4 Å². The number of nitrogens with two attached hydrogens (primary N) is 4. The van der Waals surface area contributed by atoms with Crippen LogP contribution >= 0.6 is 0 Å². The summed E-state index contributed by atoms with van der Waals surface area (Å²) in [5.41, 5.74) is 17.0. The van der Waals surface area contributed by atoms with Crippen molar-refractivity contribution in [3.63, 3.8) is 0 Å². The van der Waals surface area contributed by atoms with Crippen molar-refractivity contribution in [3.8, 4) is 0 Å². The molecule has 0 fully saturated rings. The lowest BCUT2D eigenvalue weighted by Gasteiger charge is -1.68. The molecular formula is C6H16N4O3. The normalized spacial score (nSPS) is 6.54. The number of rotatable bonds is 2. The Morgan fingerprint density at radius 1 is 1.08 bits per heavy atom. The zero-order chi connectivity index (χ0) is 11.3. The van der Waals surface area contributed by atoms with Crippen LogP contribution in [0.5, 0.6) is 0 Å². The molecule has 0 rings (SSSR count). The maximum atomic E-state index is 9.40. The summed E-state index contributed by atoms with van der Waals surface area (Å²) >= 11 is 0. The predicted octanol–water partition coefficient (Wildman–Crippen LogP) is -0.967. The van der Waals surface area contributed by atoms with E-state index in [9.17, 15) is 4.79 Å².